The summed E-state index contributed by atoms with van der Waals surface area (Å²) in [6.07, 6.45) is -2.25. The zero-order valence-corrected chi connectivity index (χ0v) is 8.13. The summed E-state index contributed by atoms with van der Waals surface area (Å²) in [6.45, 7) is 0. The van der Waals surface area contributed by atoms with E-state index in [1.54, 1.807) is 0 Å². The number of pyridine rings is 1. The van der Waals surface area contributed by atoms with Gasteiger partial charge in [0, 0.05) is 0 Å². The summed E-state index contributed by atoms with van der Waals surface area (Å²) < 4.78 is 46.8. The van der Waals surface area contributed by atoms with Gasteiger partial charge in [0.05, 0.1) is 23.1 Å². The van der Waals surface area contributed by atoms with Crippen molar-refractivity contribution < 1.29 is 17.2 Å². The maximum Gasteiger partial charge on any atom is 0.268 e. The van der Waals surface area contributed by atoms with E-state index in [-0.39, 0.29) is 5.69 Å². The van der Waals surface area contributed by atoms with Crippen molar-refractivity contribution in [2.24, 2.45) is 5.14 Å². The molecule has 6 nitrogen and oxygen atoms in total. The first-order valence-corrected chi connectivity index (χ1v) is 5.14. The van der Waals surface area contributed by atoms with E-state index in [1.165, 1.54) is 0 Å². The maximum atomic E-state index is 12.5. The highest BCUT2D eigenvalue weighted by atomic mass is 32.2. The molecule has 0 saturated carbocycles. The van der Waals surface area contributed by atoms with E-state index in [2.05, 4.69) is 4.98 Å². The largest absolute Gasteiger partial charge is 0.397 e. The monoisotopic (exact) mass is 238 g/mol. The Kier molecular flexibility index (Phi) is 2.77. The Hall–Kier alpha value is -1.48. The number of nitrogens with two attached hydrogens (primary N) is 3. The van der Waals surface area contributed by atoms with E-state index in [0.29, 0.717) is 0 Å². The number of nitrogens with zero attached hydrogens (tertiary/aromatic N) is 1. The van der Waals surface area contributed by atoms with Gasteiger partial charge in [-0.3, -0.25) is 0 Å². The molecule has 9 heteroatoms. The van der Waals surface area contributed by atoms with Crippen molar-refractivity contribution in [3.8, 4) is 0 Å². The third kappa shape index (κ3) is 2.13. The van der Waals surface area contributed by atoms with E-state index in [1.807, 2.05) is 0 Å². The molecular formula is C6H8F2N4O2S. The molecule has 0 aliphatic rings. The summed E-state index contributed by atoms with van der Waals surface area (Å²) >= 11 is 0. The minimum Gasteiger partial charge on any atom is -0.397 e. The van der Waals surface area contributed by atoms with Gasteiger partial charge in [0.1, 0.15) is 0 Å². The van der Waals surface area contributed by atoms with Crippen molar-refractivity contribution in [1.82, 2.24) is 4.98 Å². The number of halogens is 2. The second kappa shape index (κ2) is 3.59. The fourth-order valence-corrected chi connectivity index (χ4v) is 1.68. The van der Waals surface area contributed by atoms with Gasteiger partial charge in [0.2, 0.25) is 0 Å². The zero-order valence-electron chi connectivity index (χ0n) is 7.31. The molecule has 6 N–H and O–H groups in total. The Balaban J connectivity index is 3.62. The predicted octanol–water partition coefficient (Wildman–Crippen LogP) is -0.169. The average molecular weight is 238 g/mol. The molecule has 84 valence electrons. The van der Waals surface area contributed by atoms with Gasteiger partial charge in [-0.1, -0.05) is 0 Å². The first-order chi connectivity index (χ1) is 6.75. The molecule has 1 aromatic heterocycles. The number of hydrogen-bond donors (Lipinski definition) is 3. The van der Waals surface area contributed by atoms with Crippen LogP contribution in [0.15, 0.2) is 11.2 Å². The molecule has 0 spiro atoms. The van der Waals surface area contributed by atoms with E-state index < -0.39 is 32.7 Å². The van der Waals surface area contributed by atoms with Crippen molar-refractivity contribution >= 4 is 21.4 Å². The van der Waals surface area contributed by atoms with Crippen LogP contribution in [0.3, 0.4) is 0 Å². The molecule has 0 radical (unpaired) electrons. The molecule has 0 saturated heterocycles. The number of nitrogen functional groups attached to an aromatic ring is 2. The maximum absolute atomic E-state index is 12.5. The van der Waals surface area contributed by atoms with Crippen LogP contribution < -0.4 is 16.6 Å². The minimum atomic E-state index is -4.34. The minimum absolute atomic E-state index is 0.224. The van der Waals surface area contributed by atoms with Crippen molar-refractivity contribution in [1.29, 1.82) is 0 Å². The van der Waals surface area contributed by atoms with Gasteiger partial charge in [0.15, 0.2) is 5.03 Å². The Morgan fingerprint density at radius 3 is 2.27 bits per heavy atom. The molecule has 0 aromatic carbocycles. The van der Waals surface area contributed by atoms with Crippen molar-refractivity contribution in [3.63, 3.8) is 0 Å². The Bertz CT molecular complexity index is 488. The second-order valence-corrected chi connectivity index (χ2v) is 4.17. The second-order valence-electron chi connectivity index (χ2n) is 2.69. The first-order valence-electron chi connectivity index (χ1n) is 3.60. The van der Waals surface area contributed by atoms with Gasteiger partial charge in [-0.2, -0.15) is 0 Å². The molecule has 0 aliphatic carbocycles. The quantitative estimate of drug-likeness (QED) is 0.659. The van der Waals surface area contributed by atoms with Crippen LogP contribution in [-0.2, 0) is 10.0 Å². The number of hydrogen-bond acceptors (Lipinski definition) is 5. The summed E-state index contributed by atoms with van der Waals surface area (Å²) in [5.41, 5.74) is 8.72. The van der Waals surface area contributed by atoms with Crippen molar-refractivity contribution in [2.45, 2.75) is 11.5 Å². The number of anilines is 2. The third-order valence-corrected chi connectivity index (χ3v) is 2.50. The number of alkyl halides is 2. The number of sulfonamides is 1. The predicted molar refractivity (Wildman–Crippen MR) is 49.4 cm³/mol. The van der Waals surface area contributed by atoms with Crippen LogP contribution >= 0.6 is 0 Å². The highest BCUT2D eigenvalue weighted by Crippen LogP contribution is 2.32. The standard InChI is InChI=1S/C6H8F2N4O2S/c7-5(8)3-4(10)2(9)1-12-6(3)15(11,13)14/h1,5H,9H2,(H2,10,12)(H2,11,13,14). The SMILES string of the molecule is Nc1cnc(S(N)(=O)=O)c(C(F)F)c1N. The van der Waals surface area contributed by atoms with E-state index in [4.69, 9.17) is 16.6 Å². The summed E-state index contributed by atoms with van der Waals surface area (Å²) in [6, 6.07) is 0. The topological polar surface area (TPSA) is 125 Å². The summed E-state index contributed by atoms with van der Waals surface area (Å²) in [5.74, 6) is 0. The molecule has 0 amide bonds. The molecule has 1 aromatic rings. The molecular weight excluding hydrogens is 230 g/mol. The molecule has 0 atom stereocenters. The molecule has 1 heterocycles. The van der Waals surface area contributed by atoms with Crippen molar-refractivity contribution in [3.05, 3.63) is 11.8 Å². The van der Waals surface area contributed by atoms with Gasteiger partial charge in [-0.15, -0.1) is 0 Å². The number of aromatic nitrogens is 1. The summed E-state index contributed by atoms with van der Waals surface area (Å²) in [4.78, 5) is 3.23. The summed E-state index contributed by atoms with van der Waals surface area (Å²) in [5, 5.41) is 3.74. The molecule has 0 bridgehead atoms. The highest BCUT2D eigenvalue weighted by Gasteiger charge is 2.26. The van der Waals surface area contributed by atoms with Gasteiger partial charge in [-0.25, -0.2) is 27.3 Å². The fourth-order valence-electron chi connectivity index (χ4n) is 0.976. The van der Waals surface area contributed by atoms with E-state index in [0.717, 1.165) is 6.20 Å². The number of rotatable bonds is 2. The van der Waals surface area contributed by atoms with E-state index >= 15 is 0 Å². The normalized spacial score (nSPS) is 12.0. The fraction of sp³-hybridized carbons (Fsp3) is 0.167. The van der Waals surface area contributed by atoms with Crippen LogP contribution in [0.4, 0.5) is 20.2 Å². The Labute approximate surface area is 84.1 Å². The van der Waals surface area contributed by atoms with Crippen molar-refractivity contribution in [2.75, 3.05) is 11.5 Å². The lowest BCUT2D eigenvalue weighted by Crippen LogP contribution is -2.18. The molecule has 1 rings (SSSR count). The summed E-state index contributed by atoms with van der Waals surface area (Å²) in [7, 11) is -4.34. The smallest absolute Gasteiger partial charge is 0.268 e. The van der Waals surface area contributed by atoms with Gasteiger partial charge in [0.25, 0.3) is 16.4 Å². The van der Waals surface area contributed by atoms with Gasteiger partial charge in [-0.05, 0) is 0 Å². The average Bonchev–Trinajstić information content (AvgIpc) is 2.06. The van der Waals surface area contributed by atoms with Crippen LogP contribution in [0.25, 0.3) is 0 Å². The lowest BCUT2D eigenvalue weighted by molar-refractivity contribution is 0.148. The van der Waals surface area contributed by atoms with Crippen LogP contribution in [0.1, 0.15) is 12.0 Å². The lowest BCUT2D eigenvalue weighted by Gasteiger charge is -2.10. The lowest BCUT2D eigenvalue weighted by atomic mass is 10.2. The van der Waals surface area contributed by atoms with Crippen LogP contribution in [-0.4, -0.2) is 13.4 Å². The third-order valence-electron chi connectivity index (χ3n) is 1.64. The van der Waals surface area contributed by atoms with Gasteiger partial charge >= 0.3 is 0 Å². The van der Waals surface area contributed by atoms with Gasteiger partial charge < -0.3 is 11.5 Å². The number of primary sulfonamides is 1. The molecule has 0 unspecified atom stereocenters. The van der Waals surface area contributed by atoms with Crippen LogP contribution in [0.2, 0.25) is 0 Å². The van der Waals surface area contributed by atoms with Crippen LogP contribution in [0.5, 0.6) is 0 Å². The van der Waals surface area contributed by atoms with E-state index in [9.17, 15) is 17.2 Å². The van der Waals surface area contributed by atoms with Crippen LogP contribution in [0, 0.1) is 0 Å². The zero-order chi connectivity index (χ0) is 11.8. The Morgan fingerprint density at radius 1 is 1.33 bits per heavy atom. The molecule has 0 aliphatic heterocycles. The molecule has 0 fully saturated rings. The Morgan fingerprint density at radius 2 is 1.87 bits per heavy atom. The first kappa shape index (κ1) is 11.6. The molecule has 15 heavy (non-hydrogen) atoms. The highest BCUT2D eigenvalue weighted by molar-refractivity contribution is 7.89.